The second-order valence-corrected chi connectivity index (χ2v) is 27.7. The number of nitrogens with two attached hydrogens (primary N) is 1. The second kappa shape index (κ2) is 43.3. The number of carbonyl (C=O) groups is 1. The van der Waals surface area contributed by atoms with Gasteiger partial charge in [0.25, 0.3) is 0 Å². The van der Waals surface area contributed by atoms with Crippen molar-refractivity contribution in [2.24, 2.45) is 5.73 Å². The Morgan fingerprint density at radius 1 is 0.448 bits per heavy atom. The number of rotatable bonds is 39. The second-order valence-electron chi connectivity index (χ2n) is 18.1. The fourth-order valence-corrected chi connectivity index (χ4v) is 6.82. The lowest BCUT2D eigenvalue weighted by atomic mass is 10.1. The van der Waals surface area contributed by atoms with Crippen LogP contribution in [0.3, 0.4) is 0 Å². The van der Waals surface area contributed by atoms with Crippen LogP contribution in [0.2, 0.25) is 36.3 Å². The molecule has 58 heavy (non-hydrogen) atoms. The van der Waals surface area contributed by atoms with E-state index in [1.54, 1.807) is 14.2 Å². The first-order valence-corrected chi connectivity index (χ1v) is 28.7. The van der Waals surface area contributed by atoms with E-state index in [1.807, 2.05) is 0 Å². The summed E-state index contributed by atoms with van der Waals surface area (Å²) in [4.78, 5) is 9.81. The molecule has 0 aliphatic rings. The molecule has 0 radical (unpaired) electrons. The lowest BCUT2D eigenvalue weighted by molar-refractivity contribution is -0.108. The molecule has 0 fully saturated rings. The average molecular weight is 868 g/mol. The first-order chi connectivity index (χ1) is 27.5. The van der Waals surface area contributed by atoms with Crippen molar-refractivity contribution >= 4 is 22.9 Å². The van der Waals surface area contributed by atoms with Gasteiger partial charge in [-0.2, -0.15) is 0 Å². The Balaban J connectivity index is -0.000000873. The van der Waals surface area contributed by atoms with Crippen molar-refractivity contribution in [2.45, 2.75) is 155 Å². The molecule has 0 amide bonds. The Morgan fingerprint density at radius 2 is 0.793 bits per heavy atom. The predicted octanol–water partition coefficient (Wildman–Crippen LogP) is 7.53. The number of hydrogen-bond donors (Lipinski definition) is 5. The molecule has 14 heteroatoms. The Hall–Kier alpha value is -0.336. The third kappa shape index (κ3) is 45.2. The Bertz CT molecular complexity index is 835. The van der Waals surface area contributed by atoms with Crippen LogP contribution in [0.4, 0.5) is 0 Å². The minimum absolute atomic E-state index is 0.307. The summed E-state index contributed by atoms with van der Waals surface area (Å²) >= 11 is 0. The molecule has 0 unspecified atom stereocenters. The minimum Gasteiger partial charge on any atom is -0.416 e. The fourth-order valence-electron chi connectivity index (χ4n) is 4.73. The van der Waals surface area contributed by atoms with Crippen LogP contribution in [0, 0.1) is 0 Å². The molecule has 0 aromatic carbocycles. The molecular weight excluding hydrogens is 767 g/mol. The van der Waals surface area contributed by atoms with Crippen LogP contribution < -0.4 is 27.0 Å². The maximum absolute atomic E-state index is 9.81. The van der Waals surface area contributed by atoms with E-state index < -0.39 is 16.6 Å². The highest BCUT2D eigenvalue weighted by molar-refractivity contribution is 6.74. The highest BCUT2D eigenvalue weighted by Crippen LogP contribution is 2.37. The summed E-state index contributed by atoms with van der Waals surface area (Å²) in [6, 6.07) is 0. The molecule has 12 nitrogen and oxygen atoms in total. The van der Waals surface area contributed by atoms with E-state index in [-0.39, 0.29) is 0 Å². The molecule has 0 rings (SSSR count). The summed E-state index contributed by atoms with van der Waals surface area (Å²) < 4.78 is 32.5. The molecule has 0 heterocycles. The van der Waals surface area contributed by atoms with Crippen LogP contribution in [0.1, 0.15) is 119 Å². The van der Waals surface area contributed by atoms with Crippen LogP contribution >= 0.6 is 0 Å². The third-order valence-corrected chi connectivity index (χ3v) is 19.8. The average Bonchev–Trinajstić information content (AvgIpc) is 3.16. The van der Waals surface area contributed by atoms with Gasteiger partial charge in [0.15, 0.2) is 16.6 Å². The molecule has 0 bridgehead atoms. The lowest BCUT2D eigenvalue weighted by Gasteiger charge is -2.36. The van der Waals surface area contributed by atoms with Crippen molar-refractivity contribution in [1.29, 1.82) is 0 Å². The summed E-state index contributed by atoms with van der Waals surface area (Å²) in [6.45, 7) is 37.9. The van der Waals surface area contributed by atoms with Gasteiger partial charge in [-0.05, 0) is 108 Å². The van der Waals surface area contributed by atoms with Gasteiger partial charge < -0.3 is 59.6 Å². The van der Waals surface area contributed by atoms with E-state index >= 15 is 0 Å². The largest absolute Gasteiger partial charge is 0.416 e. The zero-order valence-corrected chi connectivity index (χ0v) is 42.5. The van der Waals surface area contributed by atoms with Gasteiger partial charge in [-0.15, -0.1) is 0 Å². The maximum Gasteiger partial charge on any atom is 0.192 e. The molecule has 0 aliphatic heterocycles. The Morgan fingerprint density at radius 3 is 1.17 bits per heavy atom. The molecule has 0 aliphatic carbocycles. The number of carbonyl (C=O) groups excluding carboxylic acids is 1. The van der Waals surface area contributed by atoms with E-state index in [2.05, 4.69) is 89.0 Å². The van der Waals surface area contributed by atoms with Gasteiger partial charge in [-0.25, -0.2) is 0 Å². The highest BCUT2D eigenvalue weighted by Gasteiger charge is 2.37. The maximum atomic E-state index is 9.81. The molecule has 0 spiro atoms. The van der Waals surface area contributed by atoms with E-state index in [0.29, 0.717) is 49.5 Å². The first kappa shape index (κ1) is 62.0. The standard InChI is InChI=1S/C22H50N2O3Si.C15H37N3OSi.C7H14O3/c1-22(2,3)28(5,6)27-19-17-24-15-12-10-8-7-9-11-14-23-16-13-18-26-21-20-25-4;1-15(2,3)20(4,5)19-14-13-18-11-8-6-7-10-17-12-9-16;1-9-6-7-10-5-3-2-4-8/h23-24H,7-21H2,1-6H3;17-18H,6-14,16H2,1-5H3;4H,2-3,5-7H2,1H3. The Kier molecular flexibility index (Phi) is 46.3. The third-order valence-electron chi connectivity index (χ3n) is 10.7. The summed E-state index contributed by atoms with van der Waals surface area (Å²) in [6.07, 6.45) is 15.1. The zero-order valence-electron chi connectivity index (χ0n) is 40.5. The topological polar surface area (TPSA) is 147 Å². The molecule has 6 N–H and O–H groups in total. The van der Waals surface area contributed by atoms with E-state index in [4.69, 9.17) is 33.5 Å². The van der Waals surface area contributed by atoms with Crippen LogP contribution in [0.5, 0.6) is 0 Å². The monoisotopic (exact) mass is 868 g/mol. The minimum atomic E-state index is -1.57. The van der Waals surface area contributed by atoms with Crippen LogP contribution in [-0.4, -0.2) is 149 Å². The van der Waals surface area contributed by atoms with Crippen molar-refractivity contribution < 1.29 is 32.6 Å². The summed E-state index contributed by atoms with van der Waals surface area (Å²) in [5.41, 5.74) is 5.41. The Labute approximate surface area is 362 Å². The van der Waals surface area contributed by atoms with Gasteiger partial charge in [0, 0.05) is 73.2 Å². The van der Waals surface area contributed by atoms with Crippen molar-refractivity contribution in [1.82, 2.24) is 21.3 Å². The molecule has 0 aromatic rings. The van der Waals surface area contributed by atoms with E-state index in [9.17, 15) is 4.79 Å². The van der Waals surface area contributed by atoms with Crippen LogP contribution in [-0.2, 0) is 32.6 Å². The number of unbranched alkanes of at least 4 members (excludes halogenated alkanes) is 8. The summed E-state index contributed by atoms with van der Waals surface area (Å²) in [7, 11) is 0.207. The molecule has 0 saturated carbocycles. The van der Waals surface area contributed by atoms with E-state index in [1.165, 1.54) is 57.8 Å². The van der Waals surface area contributed by atoms with E-state index in [0.717, 1.165) is 97.9 Å². The molecule has 0 saturated heterocycles. The van der Waals surface area contributed by atoms with Crippen molar-refractivity contribution in [3.8, 4) is 0 Å². The number of nitrogens with one attached hydrogen (secondary N) is 4. The van der Waals surface area contributed by atoms with Crippen LogP contribution in [0.15, 0.2) is 0 Å². The lowest BCUT2D eigenvalue weighted by Crippen LogP contribution is -2.42. The normalized spacial score (nSPS) is 12.2. The molecule has 0 atom stereocenters. The van der Waals surface area contributed by atoms with Crippen molar-refractivity contribution in [3.05, 3.63) is 0 Å². The number of ether oxygens (including phenoxy) is 4. The predicted molar refractivity (Wildman–Crippen MR) is 254 cm³/mol. The molecular formula is C44H101N5O7Si2. The number of aldehydes is 1. The quantitative estimate of drug-likeness (QED) is 0.0237. The SMILES string of the molecule is CC(C)(C)[Si](C)(C)OCCNCCCCCNCCN.COCCOCCCC=O.COCCOCCCNCCCCCCCCNCCO[Si](C)(C)C(C)(C)C. The summed E-state index contributed by atoms with van der Waals surface area (Å²) in [5.74, 6) is 0. The van der Waals surface area contributed by atoms with Crippen LogP contribution in [0.25, 0.3) is 0 Å². The first-order valence-electron chi connectivity index (χ1n) is 22.9. The van der Waals surface area contributed by atoms with Gasteiger partial charge >= 0.3 is 0 Å². The van der Waals surface area contributed by atoms with Crippen molar-refractivity contribution in [3.63, 3.8) is 0 Å². The number of methoxy groups -OCH3 is 2. The zero-order chi connectivity index (χ0) is 44.3. The highest BCUT2D eigenvalue weighted by atomic mass is 28.4. The number of hydrogen-bond acceptors (Lipinski definition) is 12. The van der Waals surface area contributed by atoms with Gasteiger partial charge in [-0.1, -0.05) is 73.6 Å². The van der Waals surface area contributed by atoms with Crippen molar-refractivity contribution in [2.75, 3.05) is 126 Å². The molecule has 352 valence electrons. The fraction of sp³-hybridized carbons (Fsp3) is 0.977. The van der Waals surface area contributed by atoms with Gasteiger partial charge in [0.2, 0.25) is 0 Å². The smallest absolute Gasteiger partial charge is 0.192 e. The van der Waals surface area contributed by atoms with Gasteiger partial charge in [-0.3, -0.25) is 0 Å². The van der Waals surface area contributed by atoms with Gasteiger partial charge in [0.1, 0.15) is 6.29 Å². The molecule has 0 aromatic heterocycles. The van der Waals surface area contributed by atoms with Gasteiger partial charge in [0.05, 0.1) is 26.4 Å². The summed E-state index contributed by atoms with van der Waals surface area (Å²) in [5, 5.41) is 14.4.